The largest absolute Gasteiger partial charge is 0.396 e. The van der Waals surface area contributed by atoms with Crippen LogP contribution in [0.4, 0.5) is 27.8 Å². The molecule has 0 saturated carbocycles. The van der Waals surface area contributed by atoms with E-state index in [-0.39, 0.29) is 16.8 Å². The molecule has 8 nitrogen and oxygen atoms in total. The molecule has 0 saturated heterocycles. The van der Waals surface area contributed by atoms with Crippen molar-refractivity contribution in [3.05, 3.63) is 64.0 Å². The summed E-state index contributed by atoms with van der Waals surface area (Å²) in [5.74, 6) is -0.673. The summed E-state index contributed by atoms with van der Waals surface area (Å²) in [5, 5.41) is 18.9. The number of alkyl halides is 1. The first-order chi connectivity index (χ1) is 16.6. The molecule has 10 heteroatoms. The van der Waals surface area contributed by atoms with E-state index < -0.39 is 5.41 Å². The standard InChI is InChI=1S/C25H23BrN6O2S/c1-13-7-8-16(30-22(33)14-5-4-6-15(9-14)25(2,3)12-27)10-17(13)31-23(34)21-19(28)20-24(35-21)29-11-18(26)32-20/h4-11,18,32H,28H2,1-3H3,(H,30,33)(H,31,34). The van der Waals surface area contributed by atoms with Crippen LogP contribution in [-0.2, 0) is 5.41 Å². The quantitative estimate of drug-likeness (QED) is 0.235. The molecule has 1 aliphatic rings. The Bertz CT molecular complexity index is 1410. The number of nitrogens with zero attached hydrogens (tertiary/aromatic N) is 2. The third kappa shape index (κ3) is 5.06. The van der Waals surface area contributed by atoms with Crippen LogP contribution in [0.15, 0.2) is 47.5 Å². The lowest BCUT2D eigenvalue weighted by molar-refractivity contribution is 0.102. The van der Waals surface area contributed by atoms with Gasteiger partial charge in [0.2, 0.25) is 0 Å². The number of hydrogen-bond acceptors (Lipinski definition) is 7. The number of fused-ring (bicyclic) bond motifs is 1. The lowest BCUT2D eigenvalue weighted by atomic mass is 9.85. The number of carbonyl (C=O) groups is 2. The lowest BCUT2D eigenvalue weighted by Crippen LogP contribution is -2.18. The number of aliphatic imine (C=N–C) groups is 1. The molecule has 1 aliphatic heterocycles. The van der Waals surface area contributed by atoms with Crippen LogP contribution in [0, 0.1) is 18.3 Å². The Balaban J connectivity index is 1.53. The SMILES string of the molecule is Cc1ccc(NC(=O)c2cccc(C(C)(C)C#N)c2)cc1NC(=O)c1sc2c(c1N)NC(Br)C=N2. The van der Waals surface area contributed by atoms with Crippen molar-refractivity contribution in [2.45, 2.75) is 31.1 Å². The number of halogens is 1. The Labute approximate surface area is 215 Å². The highest BCUT2D eigenvalue weighted by Gasteiger charge is 2.25. The maximum Gasteiger partial charge on any atom is 0.268 e. The van der Waals surface area contributed by atoms with Crippen LogP contribution in [0.3, 0.4) is 0 Å². The number of hydrogen-bond donors (Lipinski definition) is 4. The molecule has 2 amide bonds. The number of nitrogens with one attached hydrogen (secondary N) is 3. The third-order valence-corrected chi connectivity index (χ3v) is 7.18. The molecule has 35 heavy (non-hydrogen) atoms. The first-order valence-electron chi connectivity index (χ1n) is 10.7. The number of thiophene rings is 1. The van der Waals surface area contributed by atoms with Gasteiger partial charge < -0.3 is 21.7 Å². The maximum atomic E-state index is 13.0. The van der Waals surface area contributed by atoms with Crippen molar-refractivity contribution in [3.63, 3.8) is 0 Å². The van der Waals surface area contributed by atoms with Crippen molar-refractivity contribution >= 4 is 73.0 Å². The van der Waals surface area contributed by atoms with Crippen molar-refractivity contribution in [1.82, 2.24) is 0 Å². The van der Waals surface area contributed by atoms with E-state index in [2.05, 4.69) is 42.9 Å². The van der Waals surface area contributed by atoms with Crippen LogP contribution in [0.2, 0.25) is 0 Å². The van der Waals surface area contributed by atoms with Crippen molar-refractivity contribution in [3.8, 4) is 6.07 Å². The second-order valence-electron chi connectivity index (χ2n) is 8.60. The Morgan fingerprint density at radius 2 is 1.97 bits per heavy atom. The highest BCUT2D eigenvalue weighted by molar-refractivity contribution is 9.10. The van der Waals surface area contributed by atoms with Crippen LogP contribution in [0.1, 0.15) is 45.0 Å². The molecular formula is C25H23BrN6O2S. The van der Waals surface area contributed by atoms with Gasteiger partial charge in [-0.25, -0.2) is 4.99 Å². The second kappa shape index (κ2) is 9.52. The molecular weight excluding hydrogens is 528 g/mol. The molecule has 2 aromatic carbocycles. The van der Waals surface area contributed by atoms with Crippen molar-refractivity contribution in [1.29, 1.82) is 5.26 Å². The molecule has 2 heterocycles. The van der Waals surface area contributed by atoms with Crippen molar-refractivity contribution in [2.75, 3.05) is 21.7 Å². The summed E-state index contributed by atoms with van der Waals surface area (Å²) >= 11 is 4.61. The average Bonchev–Trinajstić information content (AvgIpc) is 3.17. The van der Waals surface area contributed by atoms with E-state index in [9.17, 15) is 14.9 Å². The van der Waals surface area contributed by atoms with Gasteiger partial charge >= 0.3 is 0 Å². The topological polar surface area (TPSA) is 132 Å². The van der Waals surface area contributed by atoms with Gasteiger partial charge in [0.15, 0.2) is 0 Å². The van der Waals surface area contributed by atoms with Crippen LogP contribution in [0.25, 0.3) is 0 Å². The summed E-state index contributed by atoms with van der Waals surface area (Å²) in [4.78, 5) is 30.4. The van der Waals surface area contributed by atoms with Gasteiger partial charge in [0, 0.05) is 23.2 Å². The van der Waals surface area contributed by atoms with Crippen molar-refractivity contribution in [2.24, 2.45) is 4.99 Å². The van der Waals surface area contributed by atoms with Gasteiger partial charge in [0.1, 0.15) is 14.8 Å². The fourth-order valence-corrected chi connectivity index (χ4v) is 4.75. The Morgan fingerprint density at radius 3 is 2.71 bits per heavy atom. The zero-order valence-electron chi connectivity index (χ0n) is 19.3. The summed E-state index contributed by atoms with van der Waals surface area (Å²) in [5.41, 5.74) is 9.55. The number of nitrogens with two attached hydrogens (primary N) is 1. The van der Waals surface area contributed by atoms with Gasteiger partial charge in [-0.3, -0.25) is 9.59 Å². The number of nitrogen functional groups attached to an aromatic ring is 1. The fourth-order valence-electron chi connectivity index (χ4n) is 3.47. The summed E-state index contributed by atoms with van der Waals surface area (Å²) in [6, 6.07) is 14.5. The third-order valence-electron chi connectivity index (χ3n) is 5.61. The monoisotopic (exact) mass is 550 g/mol. The first-order valence-corrected chi connectivity index (χ1v) is 12.4. The van der Waals surface area contributed by atoms with Crippen LogP contribution in [0.5, 0.6) is 0 Å². The summed E-state index contributed by atoms with van der Waals surface area (Å²) in [6.07, 6.45) is 1.69. The molecule has 178 valence electrons. The smallest absolute Gasteiger partial charge is 0.268 e. The Morgan fingerprint density at radius 1 is 1.20 bits per heavy atom. The summed E-state index contributed by atoms with van der Waals surface area (Å²) in [6.45, 7) is 5.46. The highest BCUT2D eigenvalue weighted by atomic mass is 79.9. The zero-order valence-corrected chi connectivity index (χ0v) is 21.7. The van der Waals surface area contributed by atoms with Crippen LogP contribution >= 0.6 is 27.3 Å². The fraction of sp³-hybridized carbons (Fsp3) is 0.200. The van der Waals surface area contributed by atoms with E-state index in [1.807, 2.05) is 19.1 Å². The number of nitriles is 1. The van der Waals surface area contributed by atoms with Gasteiger partial charge in [-0.2, -0.15) is 5.26 Å². The number of benzene rings is 2. The first kappa shape index (κ1) is 24.4. The maximum absolute atomic E-state index is 13.0. The van der Waals surface area contributed by atoms with E-state index in [4.69, 9.17) is 5.73 Å². The Hall–Kier alpha value is -3.68. The lowest BCUT2D eigenvalue weighted by Gasteiger charge is -2.17. The molecule has 1 aromatic heterocycles. The number of rotatable bonds is 5. The molecule has 0 aliphatic carbocycles. The number of anilines is 4. The molecule has 0 spiro atoms. The summed E-state index contributed by atoms with van der Waals surface area (Å²) < 4.78 is 0. The minimum absolute atomic E-state index is 0.156. The molecule has 0 fully saturated rings. The molecule has 4 rings (SSSR count). The van der Waals surface area contributed by atoms with Crippen molar-refractivity contribution < 1.29 is 9.59 Å². The van der Waals surface area contributed by atoms with Gasteiger partial charge in [0.25, 0.3) is 11.8 Å². The van der Waals surface area contributed by atoms with E-state index in [1.165, 1.54) is 11.3 Å². The number of aryl methyl sites for hydroxylation is 1. The predicted octanol–water partition coefficient (Wildman–Crippen LogP) is 5.79. The predicted molar refractivity (Wildman–Crippen MR) is 145 cm³/mol. The number of carbonyl (C=O) groups excluding carboxylic acids is 2. The normalized spacial score (nSPS) is 14.4. The van der Waals surface area contributed by atoms with Gasteiger partial charge in [-0.15, -0.1) is 11.3 Å². The average molecular weight is 551 g/mol. The molecule has 0 bridgehead atoms. The molecule has 3 aromatic rings. The highest BCUT2D eigenvalue weighted by Crippen LogP contribution is 2.45. The molecule has 1 unspecified atom stereocenters. The van der Waals surface area contributed by atoms with E-state index in [0.29, 0.717) is 38.2 Å². The second-order valence-corrected chi connectivity index (χ2v) is 10.6. The van der Waals surface area contributed by atoms with Gasteiger partial charge in [-0.05, 0) is 56.2 Å². The number of amides is 2. The minimum Gasteiger partial charge on any atom is -0.396 e. The molecule has 0 radical (unpaired) electrons. The van der Waals surface area contributed by atoms with Gasteiger partial charge in [-0.1, -0.05) is 34.1 Å². The minimum atomic E-state index is -0.712. The molecule has 1 atom stereocenters. The summed E-state index contributed by atoms with van der Waals surface area (Å²) in [7, 11) is 0. The van der Waals surface area contributed by atoms with E-state index in [1.54, 1.807) is 50.4 Å². The van der Waals surface area contributed by atoms with Crippen LogP contribution in [-0.4, -0.2) is 23.0 Å². The molecule has 5 N–H and O–H groups in total. The van der Waals surface area contributed by atoms with E-state index >= 15 is 0 Å². The zero-order chi connectivity index (χ0) is 25.3. The van der Waals surface area contributed by atoms with E-state index in [0.717, 1.165) is 11.1 Å². The van der Waals surface area contributed by atoms with Crippen LogP contribution < -0.4 is 21.7 Å². The van der Waals surface area contributed by atoms with Gasteiger partial charge in [0.05, 0.1) is 22.9 Å². The Kier molecular flexibility index (Phi) is 6.65.